The minimum absolute atomic E-state index is 0.114. The molecule has 0 heterocycles. The van der Waals surface area contributed by atoms with E-state index in [9.17, 15) is 5.11 Å². The van der Waals surface area contributed by atoms with E-state index in [-0.39, 0.29) is 6.10 Å². The molecule has 0 radical (unpaired) electrons. The van der Waals surface area contributed by atoms with Crippen LogP contribution in [-0.2, 0) is 0 Å². The third kappa shape index (κ3) is 2.84. The number of hydrogen-bond donors (Lipinski definition) is 1. The summed E-state index contributed by atoms with van der Waals surface area (Å²) in [7, 11) is 0. The highest BCUT2D eigenvalue weighted by atomic mass is 16.3. The summed E-state index contributed by atoms with van der Waals surface area (Å²) in [4.78, 5) is 0. The molecule has 1 nitrogen and oxygen atoms in total. The summed E-state index contributed by atoms with van der Waals surface area (Å²) in [5, 5.41) is 9.42. The van der Waals surface area contributed by atoms with E-state index in [1.165, 1.54) is 24.8 Å². The van der Waals surface area contributed by atoms with Gasteiger partial charge in [-0.05, 0) is 51.4 Å². The normalized spacial score (nSPS) is 34.1. The molecule has 1 fully saturated rings. The van der Waals surface area contributed by atoms with Crippen LogP contribution in [0.3, 0.4) is 0 Å². The highest BCUT2D eigenvalue weighted by Crippen LogP contribution is 2.57. The Bertz CT molecular complexity index is 201. The lowest BCUT2D eigenvalue weighted by atomic mass is 9.97. The smallest absolute Gasteiger partial charge is 0.0545 e. The van der Waals surface area contributed by atoms with Gasteiger partial charge in [0.25, 0.3) is 0 Å². The maximum absolute atomic E-state index is 9.42. The van der Waals surface area contributed by atoms with Crippen LogP contribution in [0, 0.1) is 11.3 Å². The van der Waals surface area contributed by atoms with E-state index in [4.69, 9.17) is 0 Å². The first kappa shape index (κ1) is 10.8. The molecule has 0 bridgehead atoms. The molecule has 0 aromatic heterocycles. The van der Waals surface area contributed by atoms with Crippen molar-refractivity contribution in [3.8, 4) is 0 Å². The lowest BCUT2D eigenvalue weighted by Gasteiger charge is -2.11. The molecule has 1 N–H and O–H groups in total. The van der Waals surface area contributed by atoms with Crippen LogP contribution in [0.4, 0.5) is 0 Å². The quantitative estimate of drug-likeness (QED) is 0.662. The molecule has 0 aromatic rings. The van der Waals surface area contributed by atoms with E-state index in [1.807, 2.05) is 6.92 Å². The zero-order valence-electron chi connectivity index (χ0n) is 9.30. The Morgan fingerprint density at radius 2 is 2.23 bits per heavy atom. The van der Waals surface area contributed by atoms with Crippen LogP contribution in [-0.4, -0.2) is 11.2 Å². The monoisotopic (exact) mass is 182 g/mol. The average molecular weight is 182 g/mol. The van der Waals surface area contributed by atoms with Crippen molar-refractivity contribution in [1.82, 2.24) is 0 Å². The van der Waals surface area contributed by atoms with E-state index >= 15 is 0 Å². The van der Waals surface area contributed by atoms with Gasteiger partial charge >= 0.3 is 0 Å². The predicted molar refractivity (Wildman–Crippen MR) is 56.6 cm³/mol. The van der Waals surface area contributed by atoms with Gasteiger partial charge in [0.05, 0.1) is 6.10 Å². The zero-order valence-corrected chi connectivity index (χ0v) is 9.30. The van der Waals surface area contributed by atoms with E-state index < -0.39 is 0 Å². The fourth-order valence-corrected chi connectivity index (χ4v) is 2.17. The van der Waals surface area contributed by atoms with Crippen LogP contribution < -0.4 is 0 Å². The van der Waals surface area contributed by atoms with Gasteiger partial charge in [0.2, 0.25) is 0 Å². The molecule has 76 valence electrons. The minimum Gasteiger partial charge on any atom is -0.393 e. The van der Waals surface area contributed by atoms with Crippen molar-refractivity contribution in [3.63, 3.8) is 0 Å². The summed E-state index contributed by atoms with van der Waals surface area (Å²) in [6, 6.07) is 0. The molecule has 0 aromatic carbocycles. The minimum atomic E-state index is -0.114. The van der Waals surface area contributed by atoms with Crippen molar-refractivity contribution < 1.29 is 5.11 Å². The van der Waals surface area contributed by atoms with Gasteiger partial charge < -0.3 is 5.11 Å². The van der Waals surface area contributed by atoms with Gasteiger partial charge in [0, 0.05) is 0 Å². The topological polar surface area (TPSA) is 20.2 Å². The summed E-state index contributed by atoms with van der Waals surface area (Å²) in [6.07, 6.45) is 5.79. The van der Waals surface area contributed by atoms with Gasteiger partial charge in [-0.1, -0.05) is 18.6 Å². The van der Waals surface area contributed by atoms with Gasteiger partial charge in [0.15, 0.2) is 0 Å². The highest BCUT2D eigenvalue weighted by Gasteiger charge is 2.51. The second-order valence-electron chi connectivity index (χ2n) is 5.03. The van der Waals surface area contributed by atoms with Crippen LogP contribution >= 0.6 is 0 Å². The summed E-state index contributed by atoms with van der Waals surface area (Å²) in [6.45, 7) is 8.49. The van der Waals surface area contributed by atoms with Crippen molar-refractivity contribution in [2.24, 2.45) is 11.3 Å². The third-order valence-electron chi connectivity index (χ3n) is 3.27. The Kier molecular flexibility index (Phi) is 3.18. The Hall–Kier alpha value is -0.300. The fourth-order valence-electron chi connectivity index (χ4n) is 2.17. The van der Waals surface area contributed by atoms with E-state index in [1.54, 1.807) is 0 Å². The number of hydrogen-bond acceptors (Lipinski definition) is 1. The van der Waals surface area contributed by atoms with Gasteiger partial charge in [-0.25, -0.2) is 0 Å². The molecule has 3 atom stereocenters. The first-order valence-corrected chi connectivity index (χ1v) is 5.27. The average Bonchev–Trinajstić information content (AvgIpc) is 2.62. The van der Waals surface area contributed by atoms with Gasteiger partial charge in [0.1, 0.15) is 0 Å². The van der Waals surface area contributed by atoms with E-state index in [0.29, 0.717) is 11.3 Å². The maximum atomic E-state index is 9.42. The van der Waals surface area contributed by atoms with Crippen LogP contribution in [0.1, 0.15) is 47.0 Å². The molecule has 0 spiro atoms. The van der Waals surface area contributed by atoms with Crippen LogP contribution in [0.2, 0.25) is 0 Å². The summed E-state index contributed by atoms with van der Waals surface area (Å²) >= 11 is 0. The molecule has 0 unspecified atom stereocenters. The molecule has 1 heteroatoms. The molecule has 0 aliphatic heterocycles. The SMILES string of the molecule is CC(C)=CCC[C@@]1(C)C[C@@H]1[C@H](C)O. The maximum Gasteiger partial charge on any atom is 0.0545 e. The van der Waals surface area contributed by atoms with Gasteiger partial charge in [-0.2, -0.15) is 0 Å². The first-order valence-electron chi connectivity index (χ1n) is 5.27. The van der Waals surface area contributed by atoms with Gasteiger partial charge in [-0.3, -0.25) is 0 Å². The van der Waals surface area contributed by atoms with Crippen LogP contribution in [0.15, 0.2) is 11.6 Å². The number of aliphatic hydroxyl groups excluding tert-OH is 1. The van der Waals surface area contributed by atoms with Crippen molar-refractivity contribution in [2.75, 3.05) is 0 Å². The van der Waals surface area contributed by atoms with Crippen molar-refractivity contribution >= 4 is 0 Å². The van der Waals surface area contributed by atoms with Crippen LogP contribution in [0.5, 0.6) is 0 Å². The molecule has 13 heavy (non-hydrogen) atoms. The van der Waals surface area contributed by atoms with Crippen LogP contribution in [0.25, 0.3) is 0 Å². The molecular formula is C12H22O. The molecule has 1 aliphatic carbocycles. The largest absolute Gasteiger partial charge is 0.393 e. The number of allylic oxidation sites excluding steroid dienone is 2. The second-order valence-corrected chi connectivity index (χ2v) is 5.03. The predicted octanol–water partition coefficient (Wildman–Crippen LogP) is 3.14. The van der Waals surface area contributed by atoms with E-state index in [0.717, 1.165) is 0 Å². The lowest BCUT2D eigenvalue weighted by molar-refractivity contribution is 0.151. The molecule has 1 saturated carbocycles. The molecule has 1 rings (SSSR count). The number of aliphatic hydroxyl groups is 1. The Morgan fingerprint density at radius 3 is 2.62 bits per heavy atom. The summed E-state index contributed by atoms with van der Waals surface area (Å²) in [5.41, 5.74) is 1.83. The molecular weight excluding hydrogens is 160 g/mol. The first-order chi connectivity index (χ1) is 5.96. The number of rotatable bonds is 4. The van der Waals surface area contributed by atoms with Crippen molar-refractivity contribution in [1.29, 1.82) is 0 Å². The Labute approximate surface area is 81.9 Å². The fraction of sp³-hybridized carbons (Fsp3) is 0.833. The van der Waals surface area contributed by atoms with Crippen molar-refractivity contribution in [2.45, 2.75) is 53.1 Å². The third-order valence-corrected chi connectivity index (χ3v) is 3.27. The lowest BCUT2D eigenvalue weighted by Crippen LogP contribution is -2.09. The summed E-state index contributed by atoms with van der Waals surface area (Å²) < 4.78 is 0. The Morgan fingerprint density at radius 1 is 1.62 bits per heavy atom. The van der Waals surface area contributed by atoms with Gasteiger partial charge in [-0.15, -0.1) is 0 Å². The molecule has 0 amide bonds. The Balaban J connectivity index is 2.28. The van der Waals surface area contributed by atoms with Crippen molar-refractivity contribution in [3.05, 3.63) is 11.6 Å². The van der Waals surface area contributed by atoms with E-state index in [2.05, 4.69) is 26.8 Å². The highest BCUT2D eigenvalue weighted by molar-refractivity contribution is 5.03. The molecule has 1 aliphatic rings. The zero-order chi connectivity index (χ0) is 10.1. The summed E-state index contributed by atoms with van der Waals surface area (Å²) in [5.74, 6) is 0.554. The second kappa shape index (κ2) is 3.83. The standard InChI is InChI=1S/C12H22O/c1-9(2)6-5-7-12(4)8-11(12)10(3)13/h6,10-11,13H,5,7-8H2,1-4H3/t10-,11+,12-/m0/s1. The molecule has 0 saturated heterocycles.